The molecular weight excluding hydrogens is 250 g/mol. The molecule has 0 aliphatic rings. The lowest BCUT2D eigenvalue weighted by molar-refractivity contribution is 0.0983. The fourth-order valence-corrected chi connectivity index (χ4v) is 2.05. The summed E-state index contributed by atoms with van der Waals surface area (Å²) < 4.78 is 5.36. The van der Waals surface area contributed by atoms with Crippen molar-refractivity contribution in [2.24, 2.45) is 0 Å². The number of ketones is 1. The number of hydrogen-bond donors (Lipinski definition) is 1. The lowest BCUT2D eigenvalue weighted by Crippen LogP contribution is -2.02. The average molecular weight is 269 g/mol. The second-order valence-electron chi connectivity index (χ2n) is 4.63. The highest BCUT2D eigenvalue weighted by Crippen LogP contribution is 2.15. The van der Waals surface area contributed by atoms with E-state index in [2.05, 4.69) is 0 Å². The minimum Gasteiger partial charge on any atom is -0.494 e. The van der Waals surface area contributed by atoms with Gasteiger partial charge in [0.15, 0.2) is 5.78 Å². The third-order valence-corrected chi connectivity index (χ3v) is 3.08. The molecule has 0 aliphatic carbocycles. The van der Waals surface area contributed by atoms with Gasteiger partial charge in [0, 0.05) is 17.7 Å². The molecule has 0 aromatic heterocycles. The van der Waals surface area contributed by atoms with E-state index in [0.717, 1.165) is 22.6 Å². The minimum atomic E-state index is 0.135. The van der Waals surface area contributed by atoms with Gasteiger partial charge in [0.25, 0.3) is 0 Å². The first-order chi connectivity index (χ1) is 9.69. The number of rotatable bonds is 6. The summed E-state index contributed by atoms with van der Waals surface area (Å²) >= 11 is 0. The van der Waals surface area contributed by atoms with Crippen molar-refractivity contribution in [2.75, 3.05) is 12.3 Å². The largest absolute Gasteiger partial charge is 0.494 e. The Kier molecular flexibility index (Phi) is 4.77. The van der Waals surface area contributed by atoms with Crippen LogP contribution in [-0.4, -0.2) is 12.4 Å². The molecule has 3 nitrogen and oxygen atoms in total. The first kappa shape index (κ1) is 14.1. The molecule has 2 aromatic carbocycles. The van der Waals surface area contributed by atoms with Crippen LogP contribution >= 0.6 is 0 Å². The number of carbonyl (C=O) groups excluding carboxylic acids is 1. The lowest BCUT2D eigenvalue weighted by atomic mass is 10.0. The van der Waals surface area contributed by atoms with E-state index in [1.807, 2.05) is 55.5 Å². The molecular formula is C17H19NO2. The van der Waals surface area contributed by atoms with E-state index in [9.17, 15) is 4.79 Å². The van der Waals surface area contributed by atoms with Crippen molar-refractivity contribution < 1.29 is 9.53 Å². The molecule has 2 rings (SSSR count). The van der Waals surface area contributed by atoms with Crippen molar-refractivity contribution in [3.8, 4) is 5.75 Å². The van der Waals surface area contributed by atoms with Crippen molar-refractivity contribution in [2.45, 2.75) is 19.8 Å². The number of ether oxygens (including phenoxy) is 1. The average Bonchev–Trinajstić information content (AvgIpc) is 2.46. The third-order valence-electron chi connectivity index (χ3n) is 3.08. The Morgan fingerprint density at radius 2 is 1.90 bits per heavy atom. The van der Waals surface area contributed by atoms with E-state index in [1.165, 1.54) is 0 Å². The highest BCUT2D eigenvalue weighted by molar-refractivity contribution is 5.96. The van der Waals surface area contributed by atoms with Gasteiger partial charge in [-0.25, -0.2) is 0 Å². The minimum absolute atomic E-state index is 0.135. The van der Waals surface area contributed by atoms with E-state index in [-0.39, 0.29) is 5.78 Å². The maximum Gasteiger partial charge on any atom is 0.163 e. The first-order valence-electron chi connectivity index (χ1n) is 6.79. The summed E-state index contributed by atoms with van der Waals surface area (Å²) in [6, 6.07) is 14.9. The van der Waals surface area contributed by atoms with Gasteiger partial charge in [-0.2, -0.15) is 0 Å². The molecule has 20 heavy (non-hydrogen) atoms. The van der Waals surface area contributed by atoms with Crippen LogP contribution in [0.15, 0.2) is 48.5 Å². The zero-order valence-corrected chi connectivity index (χ0v) is 11.6. The van der Waals surface area contributed by atoms with Crippen LogP contribution in [0.3, 0.4) is 0 Å². The monoisotopic (exact) mass is 269 g/mol. The summed E-state index contributed by atoms with van der Waals surface area (Å²) in [5, 5.41) is 0. The van der Waals surface area contributed by atoms with Gasteiger partial charge in [-0.1, -0.05) is 12.1 Å². The highest BCUT2D eigenvalue weighted by atomic mass is 16.5. The van der Waals surface area contributed by atoms with Gasteiger partial charge in [0.05, 0.1) is 6.61 Å². The summed E-state index contributed by atoms with van der Waals surface area (Å²) in [7, 11) is 0. The number of nitrogens with two attached hydrogens (primary N) is 1. The fourth-order valence-electron chi connectivity index (χ4n) is 2.05. The van der Waals surface area contributed by atoms with Crippen LogP contribution in [0.25, 0.3) is 0 Å². The number of aryl methyl sites for hydroxylation is 1. The van der Waals surface area contributed by atoms with E-state index in [4.69, 9.17) is 10.5 Å². The van der Waals surface area contributed by atoms with Crippen LogP contribution in [0, 0.1) is 0 Å². The zero-order valence-electron chi connectivity index (χ0n) is 11.6. The Morgan fingerprint density at radius 1 is 1.15 bits per heavy atom. The molecule has 0 amide bonds. The Hall–Kier alpha value is -2.29. The number of nitrogen functional groups attached to an aromatic ring is 1. The number of Topliss-reactive ketones (excluding diaryl/α,β-unsaturated/α-hetero) is 1. The van der Waals surface area contributed by atoms with Crippen molar-refractivity contribution in [1.29, 1.82) is 0 Å². The molecule has 104 valence electrons. The van der Waals surface area contributed by atoms with Crippen LogP contribution in [0.1, 0.15) is 29.3 Å². The molecule has 0 atom stereocenters. The van der Waals surface area contributed by atoms with Crippen molar-refractivity contribution in [1.82, 2.24) is 0 Å². The van der Waals surface area contributed by atoms with E-state index in [1.54, 1.807) is 0 Å². The SMILES string of the molecule is CCOc1ccc(C(=O)CCc2cccc(N)c2)cc1. The van der Waals surface area contributed by atoms with Crippen LogP contribution in [-0.2, 0) is 6.42 Å². The smallest absolute Gasteiger partial charge is 0.163 e. The molecule has 0 unspecified atom stereocenters. The predicted octanol–water partition coefficient (Wildman–Crippen LogP) is 3.48. The van der Waals surface area contributed by atoms with Crippen molar-refractivity contribution in [3.05, 3.63) is 59.7 Å². The maximum absolute atomic E-state index is 12.1. The van der Waals surface area contributed by atoms with E-state index < -0.39 is 0 Å². The van der Waals surface area contributed by atoms with E-state index >= 15 is 0 Å². The summed E-state index contributed by atoms with van der Waals surface area (Å²) in [6.07, 6.45) is 1.19. The van der Waals surface area contributed by atoms with Crippen LogP contribution in [0.5, 0.6) is 5.75 Å². The highest BCUT2D eigenvalue weighted by Gasteiger charge is 2.06. The van der Waals surface area contributed by atoms with Crippen molar-refractivity contribution >= 4 is 11.5 Å². The summed E-state index contributed by atoms with van der Waals surface area (Å²) in [4.78, 5) is 12.1. The van der Waals surface area contributed by atoms with Gasteiger partial charge in [-0.3, -0.25) is 4.79 Å². The Bertz CT molecular complexity index is 576. The molecule has 0 bridgehead atoms. The van der Waals surface area contributed by atoms with Gasteiger partial charge in [0.2, 0.25) is 0 Å². The standard InChI is InChI=1S/C17H19NO2/c1-2-20-16-9-7-14(8-10-16)17(19)11-6-13-4-3-5-15(18)12-13/h3-5,7-10,12H,2,6,11,18H2,1H3. The van der Waals surface area contributed by atoms with Gasteiger partial charge in [-0.15, -0.1) is 0 Å². The zero-order chi connectivity index (χ0) is 14.4. The molecule has 2 N–H and O–H groups in total. The first-order valence-corrected chi connectivity index (χ1v) is 6.79. The molecule has 0 saturated carbocycles. The van der Waals surface area contributed by atoms with Crippen molar-refractivity contribution in [3.63, 3.8) is 0 Å². The molecule has 0 heterocycles. The van der Waals surface area contributed by atoms with Gasteiger partial charge < -0.3 is 10.5 Å². The Morgan fingerprint density at radius 3 is 2.55 bits per heavy atom. The quantitative estimate of drug-likeness (QED) is 0.645. The molecule has 0 spiro atoms. The molecule has 0 fully saturated rings. The normalized spacial score (nSPS) is 10.2. The van der Waals surface area contributed by atoms with Crippen LogP contribution in [0.4, 0.5) is 5.69 Å². The van der Waals surface area contributed by atoms with Crippen LogP contribution in [0.2, 0.25) is 0 Å². The summed E-state index contributed by atoms with van der Waals surface area (Å²) in [6.45, 7) is 2.56. The maximum atomic E-state index is 12.1. The Labute approximate surface area is 119 Å². The topological polar surface area (TPSA) is 52.3 Å². The molecule has 0 aliphatic heterocycles. The number of hydrogen-bond acceptors (Lipinski definition) is 3. The summed E-state index contributed by atoms with van der Waals surface area (Å²) in [5.41, 5.74) is 8.26. The fraction of sp³-hybridized carbons (Fsp3) is 0.235. The second-order valence-corrected chi connectivity index (χ2v) is 4.63. The third kappa shape index (κ3) is 3.85. The molecule has 3 heteroatoms. The van der Waals surface area contributed by atoms with Gasteiger partial charge >= 0.3 is 0 Å². The second kappa shape index (κ2) is 6.75. The predicted molar refractivity (Wildman–Crippen MR) is 81.1 cm³/mol. The number of benzene rings is 2. The Balaban J connectivity index is 1.94. The molecule has 0 radical (unpaired) electrons. The van der Waals surface area contributed by atoms with Gasteiger partial charge in [-0.05, 0) is 55.3 Å². The number of anilines is 1. The molecule has 0 saturated heterocycles. The van der Waals surface area contributed by atoms with Crippen LogP contribution < -0.4 is 10.5 Å². The van der Waals surface area contributed by atoms with E-state index in [0.29, 0.717) is 19.4 Å². The summed E-state index contributed by atoms with van der Waals surface area (Å²) in [5.74, 6) is 0.926. The molecule has 2 aromatic rings. The lowest BCUT2D eigenvalue weighted by Gasteiger charge is -2.05. The number of carbonyl (C=O) groups is 1. The van der Waals surface area contributed by atoms with Gasteiger partial charge in [0.1, 0.15) is 5.75 Å².